The molecule has 0 spiro atoms. The Morgan fingerprint density at radius 3 is 2.78 bits per heavy atom. The van der Waals surface area contributed by atoms with E-state index < -0.39 is 0 Å². The monoisotopic (exact) mass is 319 g/mol. The molecule has 128 valence electrons. The van der Waals surface area contributed by atoms with Crippen LogP contribution in [0.25, 0.3) is 0 Å². The molecule has 1 saturated heterocycles. The molecule has 0 radical (unpaired) electrons. The van der Waals surface area contributed by atoms with E-state index in [4.69, 9.17) is 4.74 Å². The van der Waals surface area contributed by atoms with Crippen LogP contribution in [0.4, 0.5) is 0 Å². The second kappa shape index (κ2) is 6.80. The zero-order valence-corrected chi connectivity index (χ0v) is 14.5. The average molecular weight is 319 g/mol. The van der Waals surface area contributed by atoms with Crippen molar-refractivity contribution in [2.45, 2.75) is 51.9 Å². The van der Waals surface area contributed by atoms with Crippen LogP contribution in [0.15, 0.2) is 12.1 Å². The minimum absolute atomic E-state index is 0.0122. The normalized spacial score (nSPS) is 27.7. The highest BCUT2D eigenvalue weighted by molar-refractivity contribution is 5.45. The third kappa shape index (κ3) is 3.25. The molecular weight excluding hydrogens is 290 g/mol. The number of hydrogen-bond acceptors (Lipinski definition) is 4. The van der Waals surface area contributed by atoms with Gasteiger partial charge >= 0.3 is 0 Å². The predicted octanol–water partition coefficient (Wildman–Crippen LogP) is 2.51. The van der Waals surface area contributed by atoms with Gasteiger partial charge < -0.3 is 14.9 Å². The third-order valence-corrected chi connectivity index (χ3v) is 5.43. The number of aliphatic hydroxyl groups is 2. The lowest BCUT2D eigenvalue weighted by Crippen LogP contribution is -2.48. The van der Waals surface area contributed by atoms with E-state index in [1.807, 2.05) is 0 Å². The molecule has 23 heavy (non-hydrogen) atoms. The van der Waals surface area contributed by atoms with Crippen molar-refractivity contribution in [2.24, 2.45) is 11.8 Å². The fourth-order valence-electron chi connectivity index (χ4n) is 4.32. The summed E-state index contributed by atoms with van der Waals surface area (Å²) < 4.78 is 5.40. The fourth-order valence-corrected chi connectivity index (χ4v) is 4.32. The summed E-state index contributed by atoms with van der Waals surface area (Å²) in [5.41, 5.74) is 3.41. The van der Waals surface area contributed by atoms with Gasteiger partial charge in [-0.25, -0.2) is 0 Å². The lowest BCUT2D eigenvalue weighted by atomic mass is 9.79. The molecular formula is C19H29NO3. The molecule has 3 atom stereocenters. The molecule has 0 unspecified atom stereocenters. The van der Waals surface area contributed by atoms with Crippen molar-refractivity contribution in [1.82, 2.24) is 4.90 Å². The number of benzene rings is 1. The van der Waals surface area contributed by atoms with E-state index in [-0.39, 0.29) is 18.8 Å². The first-order chi connectivity index (χ1) is 11.0. The van der Waals surface area contributed by atoms with Crippen LogP contribution in [0.5, 0.6) is 5.75 Å². The second-order valence-corrected chi connectivity index (χ2v) is 7.47. The molecule has 2 aliphatic rings. The van der Waals surface area contributed by atoms with Gasteiger partial charge in [0.25, 0.3) is 0 Å². The van der Waals surface area contributed by atoms with Gasteiger partial charge in [0.15, 0.2) is 0 Å². The van der Waals surface area contributed by atoms with Crippen molar-refractivity contribution in [3.63, 3.8) is 0 Å². The molecule has 4 heteroatoms. The zero-order chi connectivity index (χ0) is 16.6. The Kier molecular flexibility index (Phi) is 4.95. The van der Waals surface area contributed by atoms with Gasteiger partial charge in [0.1, 0.15) is 5.75 Å². The maximum absolute atomic E-state index is 10.6. The van der Waals surface area contributed by atoms with Crippen LogP contribution in [0.2, 0.25) is 0 Å². The Hall–Kier alpha value is -1.10. The first-order valence-electron chi connectivity index (χ1n) is 8.76. The SMILES string of the molecule is COc1cc2c(cc1CO)[C@@H]1C[C@H](O)[C@H](CC(C)C)CN1CC2. The summed E-state index contributed by atoms with van der Waals surface area (Å²) in [4.78, 5) is 2.52. The number of methoxy groups -OCH3 is 1. The lowest BCUT2D eigenvalue weighted by molar-refractivity contribution is -0.0191. The van der Waals surface area contributed by atoms with Crippen LogP contribution < -0.4 is 4.74 Å². The quantitative estimate of drug-likeness (QED) is 0.895. The number of piperidine rings is 1. The van der Waals surface area contributed by atoms with Gasteiger partial charge in [-0.2, -0.15) is 0 Å². The topological polar surface area (TPSA) is 52.9 Å². The number of nitrogens with zero attached hydrogens (tertiary/aromatic N) is 1. The molecule has 0 aliphatic carbocycles. The molecule has 1 aromatic carbocycles. The number of rotatable bonds is 4. The fraction of sp³-hybridized carbons (Fsp3) is 0.684. The predicted molar refractivity (Wildman–Crippen MR) is 90.5 cm³/mol. The molecule has 2 N–H and O–H groups in total. The maximum atomic E-state index is 10.6. The molecule has 4 nitrogen and oxygen atoms in total. The Morgan fingerprint density at radius 2 is 2.13 bits per heavy atom. The van der Waals surface area contributed by atoms with E-state index in [0.717, 1.165) is 43.7 Å². The van der Waals surface area contributed by atoms with Gasteiger partial charge in [-0.15, -0.1) is 0 Å². The van der Waals surface area contributed by atoms with E-state index in [1.54, 1.807) is 7.11 Å². The Morgan fingerprint density at radius 1 is 1.35 bits per heavy atom. The second-order valence-electron chi connectivity index (χ2n) is 7.47. The molecule has 2 heterocycles. The van der Waals surface area contributed by atoms with Crippen molar-refractivity contribution in [2.75, 3.05) is 20.2 Å². The molecule has 0 aromatic heterocycles. The third-order valence-electron chi connectivity index (χ3n) is 5.43. The molecule has 1 aromatic rings. The summed E-state index contributed by atoms with van der Waals surface area (Å²) in [5, 5.41) is 20.2. The van der Waals surface area contributed by atoms with E-state index in [2.05, 4.69) is 30.9 Å². The van der Waals surface area contributed by atoms with E-state index in [1.165, 1.54) is 11.1 Å². The maximum Gasteiger partial charge on any atom is 0.124 e. The minimum atomic E-state index is -0.232. The molecule has 3 rings (SSSR count). The Labute approximate surface area is 139 Å². The summed E-state index contributed by atoms with van der Waals surface area (Å²) >= 11 is 0. The zero-order valence-electron chi connectivity index (χ0n) is 14.5. The van der Waals surface area contributed by atoms with Crippen LogP contribution in [0, 0.1) is 11.8 Å². The minimum Gasteiger partial charge on any atom is -0.496 e. The summed E-state index contributed by atoms with van der Waals surface area (Å²) in [5.74, 6) is 1.77. The first-order valence-corrected chi connectivity index (χ1v) is 8.76. The van der Waals surface area contributed by atoms with E-state index in [0.29, 0.717) is 11.8 Å². The van der Waals surface area contributed by atoms with E-state index in [9.17, 15) is 10.2 Å². The van der Waals surface area contributed by atoms with Gasteiger partial charge in [-0.05, 0) is 54.4 Å². The van der Waals surface area contributed by atoms with Crippen LogP contribution in [-0.4, -0.2) is 41.4 Å². The molecule has 2 aliphatic heterocycles. The van der Waals surface area contributed by atoms with Gasteiger partial charge in [-0.3, -0.25) is 4.90 Å². The van der Waals surface area contributed by atoms with E-state index >= 15 is 0 Å². The molecule has 1 fully saturated rings. The summed E-state index contributed by atoms with van der Waals surface area (Å²) in [6.45, 7) is 6.46. The largest absolute Gasteiger partial charge is 0.496 e. The van der Waals surface area contributed by atoms with Gasteiger partial charge in [-0.1, -0.05) is 13.8 Å². The van der Waals surface area contributed by atoms with Crippen molar-refractivity contribution >= 4 is 0 Å². The number of aliphatic hydroxyl groups excluding tert-OH is 2. The summed E-state index contributed by atoms with van der Waals surface area (Å²) in [7, 11) is 1.65. The molecule has 0 amide bonds. The van der Waals surface area contributed by atoms with Gasteiger partial charge in [0.2, 0.25) is 0 Å². The Bertz CT molecular complexity index is 558. The van der Waals surface area contributed by atoms with Gasteiger partial charge in [0.05, 0.1) is 19.8 Å². The molecule has 0 saturated carbocycles. The van der Waals surface area contributed by atoms with Crippen LogP contribution in [0.3, 0.4) is 0 Å². The number of ether oxygens (including phenoxy) is 1. The molecule has 0 bridgehead atoms. The highest BCUT2D eigenvalue weighted by atomic mass is 16.5. The Balaban J connectivity index is 1.87. The highest BCUT2D eigenvalue weighted by Crippen LogP contribution is 2.41. The summed E-state index contributed by atoms with van der Waals surface area (Å²) in [6.07, 6.45) is 2.66. The van der Waals surface area contributed by atoms with Crippen molar-refractivity contribution in [3.8, 4) is 5.75 Å². The van der Waals surface area contributed by atoms with Crippen LogP contribution >= 0.6 is 0 Å². The number of hydrogen-bond donors (Lipinski definition) is 2. The van der Waals surface area contributed by atoms with Crippen molar-refractivity contribution < 1.29 is 14.9 Å². The lowest BCUT2D eigenvalue weighted by Gasteiger charge is -2.46. The standard InChI is InChI=1S/C19H29NO3/c1-12(2)6-14-10-20-5-4-13-8-19(23-3)15(11-21)7-16(13)17(20)9-18(14)22/h7-8,12,14,17-18,21-22H,4-6,9-11H2,1-3H3/t14-,17+,18+/m1/s1. The first kappa shape index (κ1) is 16.7. The average Bonchev–Trinajstić information content (AvgIpc) is 2.53. The van der Waals surface area contributed by atoms with Crippen LogP contribution in [-0.2, 0) is 13.0 Å². The van der Waals surface area contributed by atoms with Crippen molar-refractivity contribution in [1.29, 1.82) is 0 Å². The van der Waals surface area contributed by atoms with Crippen molar-refractivity contribution in [3.05, 3.63) is 28.8 Å². The smallest absolute Gasteiger partial charge is 0.124 e. The van der Waals surface area contributed by atoms with Crippen LogP contribution in [0.1, 0.15) is 49.4 Å². The summed E-state index contributed by atoms with van der Waals surface area (Å²) in [6, 6.07) is 4.43. The number of fused-ring (bicyclic) bond motifs is 3. The van der Waals surface area contributed by atoms with Gasteiger partial charge in [0, 0.05) is 24.7 Å². The highest BCUT2D eigenvalue weighted by Gasteiger charge is 2.38.